The van der Waals surface area contributed by atoms with Crippen LogP contribution >= 0.6 is 11.8 Å². The molecule has 0 spiro atoms. The van der Waals surface area contributed by atoms with Gasteiger partial charge in [0.15, 0.2) is 5.12 Å². The molecule has 2 heteroatoms. The maximum atomic E-state index is 12.2. The zero-order valence-corrected chi connectivity index (χ0v) is 12.7. The summed E-state index contributed by atoms with van der Waals surface area (Å²) in [5, 5.41) is 0.321. The Bertz CT molecular complexity index is 367. The molecule has 0 radical (unpaired) electrons. The zero-order valence-electron chi connectivity index (χ0n) is 11.9. The molecule has 1 nitrogen and oxygen atoms in total. The van der Waals surface area contributed by atoms with Crippen molar-refractivity contribution < 1.29 is 4.79 Å². The lowest BCUT2D eigenvalue weighted by Gasteiger charge is -2.14. The van der Waals surface area contributed by atoms with Crippen molar-refractivity contribution in [2.24, 2.45) is 11.8 Å². The van der Waals surface area contributed by atoms with Gasteiger partial charge in [0, 0.05) is 10.8 Å². The highest BCUT2D eigenvalue weighted by Gasteiger charge is 2.17. The second-order valence-electron chi connectivity index (χ2n) is 5.31. The lowest BCUT2D eigenvalue weighted by atomic mass is 9.97. The van der Waals surface area contributed by atoms with Crippen LogP contribution in [0.3, 0.4) is 0 Å². The van der Waals surface area contributed by atoms with Crippen molar-refractivity contribution >= 4 is 16.9 Å². The number of rotatable bonds is 6. The van der Waals surface area contributed by atoms with Crippen LogP contribution in [0.15, 0.2) is 29.2 Å². The van der Waals surface area contributed by atoms with Gasteiger partial charge in [-0.2, -0.15) is 0 Å². The monoisotopic (exact) mass is 264 g/mol. The molecule has 0 heterocycles. The molecule has 0 bridgehead atoms. The van der Waals surface area contributed by atoms with Crippen molar-refractivity contribution in [2.75, 3.05) is 0 Å². The van der Waals surface area contributed by atoms with E-state index in [1.807, 2.05) is 12.1 Å². The molecule has 0 aliphatic rings. The Morgan fingerprint density at radius 3 is 2.28 bits per heavy atom. The Hall–Kier alpha value is -0.760. The summed E-state index contributed by atoms with van der Waals surface area (Å²) in [6, 6.07) is 8.19. The van der Waals surface area contributed by atoms with Gasteiger partial charge in [0.1, 0.15) is 0 Å². The first kappa shape index (κ1) is 15.3. The molecule has 1 atom stereocenters. The molecule has 0 fully saturated rings. The van der Waals surface area contributed by atoms with Crippen molar-refractivity contribution in [2.45, 2.75) is 51.9 Å². The van der Waals surface area contributed by atoms with E-state index in [0.29, 0.717) is 11.0 Å². The highest BCUT2D eigenvalue weighted by atomic mass is 32.2. The number of thioether (sulfide) groups is 1. The van der Waals surface area contributed by atoms with Gasteiger partial charge in [-0.25, -0.2) is 0 Å². The highest BCUT2D eigenvalue weighted by molar-refractivity contribution is 8.13. The first-order valence-corrected chi connectivity index (χ1v) is 7.63. The third kappa shape index (κ3) is 5.26. The topological polar surface area (TPSA) is 17.1 Å². The maximum absolute atomic E-state index is 12.2. The Morgan fingerprint density at radius 2 is 1.78 bits per heavy atom. The quantitative estimate of drug-likeness (QED) is 0.667. The SMILES string of the molecule is CCC(CCC(C)C)C(=O)Sc1ccc(C)cc1. The summed E-state index contributed by atoms with van der Waals surface area (Å²) in [4.78, 5) is 13.3. The number of carbonyl (C=O) groups is 1. The minimum Gasteiger partial charge on any atom is -0.287 e. The summed E-state index contributed by atoms with van der Waals surface area (Å²) in [6.07, 6.45) is 3.11. The van der Waals surface area contributed by atoms with Gasteiger partial charge in [0.05, 0.1) is 0 Å². The molecule has 100 valence electrons. The molecule has 1 rings (SSSR count). The van der Waals surface area contributed by atoms with Crippen LogP contribution in [-0.2, 0) is 4.79 Å². The van der Waals surface area contributed by atoms with Crippen LogP contribution in [0.1, 0.15) is 45.6 Å². The predicted octanol–water partition coefficient (Wildman–Crippen LogP) is 5.08. The Balaban J connectivity index is 2.54. The molecular weight excluding hydrogens is 240 g/mol. The fourth-order valence-corrected chi connectivity index (χ4v) is 2.78. The first-order chi connectivity index (χ1) is 8.52. The maximum Gasteiger partial charge on any atom is 0.196 e. The molecular formula is C16H24OS. The number of aryl methyl sites for hydroxylation is 1. The first-order valence-electron chi connectivity index (χ1n) is 6.81. The largest absolute Gasteiger partial charge is 0.287 e. The van der Waals surface area contributed by atoms with Crippen molar-refractivity contribution in [3.63, 3.8) is 0 Å². The highest BCUT2D eigenvalue weighted by Crippen LogP contribution is 2.27. The normalized spacial score (nSPS) is 12.7. The van der Waals surface area contributed by atoms with Gasteiger partial charge in [-0.1, -0.05) is 56.7 Å². The molecule has 0 saturated heterocycles. The molecule has 1 aromatic carbocycles. The minimum atomic E-state index is 0.207. The van der Waals surface area contributed by atoms with E-state index in [2.05, 4.69) is 39.8 Å². The van der Waals surface area contributed by atoms with Gasteiger partial charge in [-0.05, 0) is 37.8 Å². The van der Waals surface area contributed by atoms with Gasteiger partial charge in [-0.3, -0.25) is 4.79 Å². The second-order valence-corrected chi connectivity index (χ2v) is 6.39. The van der Waals surface area contributed by atoms with E-state index in [4.69, 9.17) is 0 Å². The zero-order chi connectivity index (χ0) is 13.5. The summed E-state index contributed by atoms with van der Waals surface area (Å²) in [6.45, 7) is 8.60. The third-order valence-corrected chi connectivity index (χ3v) is 4.20. The molecule has 1 unspecified atom stereocenters. The van der Waals surface area contributed by atoms with E-state index in [9.17, 15) is 4.79 Å². The average Bonchev–Trinajstić information content (AvgIpc) is 2.32. The van der Waals surface area contributed by atoms with Crippen LogP contribution < -0.4 is 0 Å². The smallest absolute Gasteiger partial charge is 0.196 e. The lowest BCUT2D eigenvalue weighted by Crippen LogP contribution is -2.11. The van der Waals surface area contributed by atoms with Crippen LogP contribution in [0.2, 0.25) is 0 Å². The van der Waals surface area contributed by atoms with Gasteiger partial charge >= 0.3 is 0 Å². The van der Waals surface area contributed by atoms with Crippen LogP contribution in [0, 0.1) is 18.8 Å². The molecule has 0 amide bonds. The van der Waals surface area contributed by atoms with Gasteiger partial charge in [0.25, 0.3) is 0 Å². The number of hydrogen-bond acceptors (Lipinski definition) is 2. The number of hydrogen-bond donors (Lipinski definition) is 0. The minimum absolute atomic E-state index is 0.207. The molecule has 1 aromatic rings. The summed E-state index contributed by atoms with van der Waals surface area (Å²) < 4.78 is 0. The van der Waals surface area contributed by atoms with Crippen LogP contribution in [0.4, 0.5) is 0 Å². The van der Waals surface area contributed by atoms with Gasteiger partial charge < -0.3 is 0 Å². The van der Waals surface area contributed by atoms with Crippen LogP contribution in [0.5, 0.6) is 0 Å². The van der Waals surface area contributed by atoms with Gasteiger partial charge in [0.2, 0.25) is 0 Å². The standard InChI is InChI=1S/C16H24OS/c1-5-14(9-6-12(2)3)16(17)18-15-10-7-13(4)8-11-15/h7-8,10-12,14H,5-6,9H2,1-4H3. The molecule has 0 aromatic heterocycles. The summed E-state index contributed by atoms with van der Waals surface area (Å²) >= 11 is 1.40. The number of carbonyl (C=O) groups excluding carboxylic acids is 1. The fraction of sp³-hybridized carbons (Fsp3) is 0.562. The summed E-state index contributed by atoms with van der Waals surface area (Å²) in [7, 11) is 0. The second kappa shape index (κ2) is 7.63. The fourth-order valence-electron chi connectivity index (χ4n) is 1.83. The lowest BCUT2D eigenvalue weighted by molar-refractivity contribution is -0.114. The molecule has 18 heavy (non-hydrogen) atoms. The van der Waals surface area contributed by atoms with E-state index in [0.717, 1.165) is 24.2 Å². The van der Waals surface area contributed by atoms with E-state index < -0.39 is 0 Å². The Morgan fingerprint density at radius 1 is 1.17 bits per heavy atom. The number of benzene rings is 1. The summed E-state index contributed by atoms with van der Waals surface area (Å²) in [5.41, 5.74) is 1.23. The predicted molar refractivity (Wildman–Crippen MR) is 79.9 cm³/mol. The van der Waals surface area contributed by atoms with E-state index in [1.54, 1.807) is 0 Å². The van der Waals surface area contributed by atoms with Crippen molar-refractivity contribution in [3.05, 3.63) is 29.8 Å². The third-order valence-electron chi connectivity index (χ3n) is 3.16. The van der Waals surface area contributed by atoms with Crippen molar-refractivity contribution in [1.82, 2.24) is 0 Å². The van der Waals surface area contributed by atoms with Crippen molar-refractivity contribution in [1.29, 1.82) is 0 Å². The van der Waals surface area contributed by atoms with Crippen LogP contribution in [0.25, 0.3) is 0 Å². The van der Waals surface area contributed by atoms with Gasteiger partial charge in [-0.15, -0.1) is 0 Å². The molecule has 0 N–H and O–H groups in total. The van der Waals surface area contributed by atoms with Crippen LogP contribution in [-0.4, -0.2) is 5.12 Å². The molecule has 0 aliphatic heterocycles. The Kier molecular flexibility index (Phi) is 6.48. The average molecular weight is 264 g/mol. The molecule has 0 saturated carbocycles. The summed E-state index contributed by atoms with van der Waals surface area (Å²) in [5.74, 6) is 0.884. The van der Waals surface area contributed by atoms with Crippen molar-refractivity contribution in [3.8, 4) is 0 Å². The Labute approximate surface area is 115 Å². The van der Waals surface area contributed by atoms with E-state index >= 15 is 0 Å². The van der Waals surface area contributed by atoms with E-state index in [1.165, 1.54) is 17.3 Å². The molecule has 0 aliphatic carbocycles. The van der Waals surface area contributed by atoms with E-state index in [-0.39, 0.29) is 5.92 Å².